The Morgan fingerprint density at radius 1 is 0.250 bits per heavy atom. The van der Waals surface area contributed by atoms with Gasteiger partial charge in [-0.15, -0.1) is 0 Å². The fraction of sp³-hybridized carbons (Fsp3) is 0.0417. The maximum absolute atomic E-state index is 2.44. The molecule has 0 bridgehead atoms. The van der Waals surface area contributed by atoms with Gasteiger partial charge in [0.1, 0.15) is 0 Å². The molecule has 0 nitrogen and oxygen atoms in total. The summed E-state index contributed by atoms with van der Waals surface area (Å²) in [5.74, 6) is 0. The summed E-state index contributed by atoms with van der Waals surface area (Å²) in [7, 11) is 0. The molecule has 222 valence electrons. The average Bonchev–Trinajstić information content (AvgIpc) is 3.62. The van der Waals surface area contributed by atoms with E-state index in [1.807, 2.05) is 0 Å². The van der Waals surface area contributed by atoms with E-state index in [1.165, 1.54) is 88.7 Å². The van der Waals surface area contributed by atoms with Crippen molar-refractivity contribution in [2.75, 3.05) is 0 Å². The van der Waals surface area contributed by atoms with Gasteiger partial charge in [0.25, 0.3) is 0 Å². The second-order valence-corrected chi connectivity index (χ2v) is 13.5. The molecule has 0 N–H and O–H groups in total. The van der Waals surface area contributed by atoms with Crippen LogP contribution in [-0.4, -0.2) is 0 Å². The summed E-state index contributed by atoms with van der Waals surface area (Å²) in [5.41, 5.74) is 17.8. The van der Waals surface area contributed by atoms with E-state index >= 15 is 0 Å². The zero-order chi connectivity index (χ0) is 31.5. The lowest BCUT2D eigenvalue weighted by molar-refractivity contribution is 0.634. The van der Waals surface area contributed by atoms with Crippen molar-refractivity contribution in [1.82, 2.24) is 0 Å². The van der Waals surface area contributed by atoms with Crippen molar-refractivity contribution in [2.24, 2.45) is 0 Å². The van der Waals surface area contributed by atoms with Crippen molar-refractivity contribution in [3.8, 4) is 33.4 Å². The normalized spacial score (nSPS) is 15.0. The number of benzene rings is 8. The predicted octanol–water partition coefficient (Wildman–Crippen LogP) is 11.5. The minimum atomic E-state index is -0.501. The van der Waals surface area contributed by atoms with E-state index in [-0.39, 0.29) is 0 Å². The van der Waals surface area contributed by atoms with Crippen molar-refractivity contribution >= 4 is 10.8 Å². The molecule has 2 spiro atoms. The van der Waals surface area contributed by atoms with Crippen molar-refractivity contribution in [3.63, 3.8) is 0 Å². The highest BCUT2D eigenvalue weighted by Gasteiger charge is 2.59. The maximum Gasteiger partial charge on any atom is 0.0725 e. The van der Waals surface area contributed by atoms with Gasteiger partial charge in [-0.05, 0) is 94.7 Å². The number of hydrogen-bond donors (Lipinski definition) is 0. The van der Waals surface area contributed by atoms with Gasteiger partial charge in [0.2, 0.25) is 0 Å². The topological polar surface area (TPSA) is 0 Å². The first-order chi connectivity index (χ1) is 23.8. The molecule has 11 rings (SSSR count). The molecular weight excluding hydrogens is 577 g/mol. The van der Waals surface area contributed by atoms with Crippen LogP contribution in [0.5, 0.6) is 0 Å². The Hall–Kier alpha value is -5.98. The van der Waals surface area contributed by atoms with E-state index in [4.69, 9.17) is 0 Å². The molecule has 0 heteroatoms. The Kier molecular flexibility index (Phi) is 5.07. The van der Waals surface area contributed by atoms with Gasteiger partial charge in [0.15, 0.2) is 0 Å². The molecule has 8 aromatic carbocycles. The molecule has 0 radical (unpaired) electrons. The zero-order valence-corrected chi connectivity index (χ0v) is 26.3. The highest BCUT2D eigenvalue weighted by molar-refractivity contribution is 5.97. The molecule has 0 aliphatic heterocycles. The first-order valence-corrected chi connectivity index (χ1v) is 16.9. The number of rotatable bonds is 1. The summed E-state index contributed by atoms with van der Waals surface area (Å²) in [4.78, 5) is 0. The average molecular weight is 607 g/mol. The molecule has 0 saturated heterocycles. The monoisotopic (exact) mass is 606 g/mol. The lowest BCUT2D eigenvalue weighted by Gasteiger charge is -2.49. The SMILES string of the molecule is c1ccc2c(c1)-c1ccccc1C21c2ccccc2C2(c3ccccc3-c3ccccc32)c2c(-c3ccc4ccccc4c3)cccc21. The van der Waals surface area contributed by atoms with Crippen LogP contribution in [0.4, 0.5) is 0 Å². The second-order valence-electron chi connectivity index (χ2n) is 13.5. The fourth-order valence-electron chi connectivity index (χ4n) is 9.89. The van der Waals surface area contributed by atoms with Crippen LogP contribution in [0.1, 0.15) is 44.5 Å². The Morgan fingerprint density at radius 2 is 0.646 bits per heavy atom. The minimum absolute atomic E-state index is 0.469. The van der Waals surface area contributed by atoms with Gasteiger partial charge in [0, 0.05) is 0 Å². The van der Waals surface area contributed by atoms with Crippen LogP contribution in [0.15, 0.2) is 182 Å². The molecule has 3 aliphatic rings. The van der Waals surface area contributed by atoms with E-state index in [2.05, 4.69) is 182 Å². The van der Waals surface area contributed by atoms with E-state index in [0.717, 1.165) is 0 Å². The largest absolute Gasteiger partial charge is 0.0725 e. The molecule has 3 aliphatic carbocycles. The lowest BCUT2D eigenvalue weighted by atomic mass is 9.51. The molecule has 0 saturated carbocycles. The van der Waals surface area contributed by atoms with Crippen molar-refractivity contribution in [2.45, 2.75) is 10.8 Å². The van der Waals surface area contributed by atoms with Crippen LogP contribution in [0.3, 0.4) is 0 Å². The number of fused-ring (bicyclic) bond motifs is 17. The highest BCUT2D eigenvalue weighted by atomic mass is 14.6. The smallest absolute Gasteiger partial charge is 0.0619 e. The maximum atomic E-state index is 2.44. The van der Waals surface area contributed by atoms with Gasteiger partial charge >= 0.3 is 0 Å². The van der Waals surface area contributed by atoms with Gasteiger partial charge < -0.3 is 0 Å². The van der Waals surface area contributed by atoms with Crippen LogP contribution in [-0.2, 0) is 10.8 Å². The van der Waals surface area contributed by atoms with E-state index < -0.39 is 10.8 Å². The third-order valence-electron chi connectivity index (χ3n) is 11.5. The summed E-state index contributed by atoms with van der Waals surface area (Å²) < 4.78 is 0. The lowest BCUT2D eigenvalue weighted by Crippen LogP contribution is -2.44. The van der Waals surface area contributed by atoms with Gasteiger partial charge in [-0.1, -0.05) is 176 Å². The van der Waals surface area contributed by atoms with E-state index in [9.17, 15) is 0 Å². The molecule has 0 unspecified atom stereocenters. The summed E-state index contributed by atoms with van der Waals surface area (Å²) >= 11 is 0. The first-order valence-electron chi connectivity index (χ1n) is 16.9. The van der Waals surface area contributed by atoms with Crippen LogP contribution < -0.4 is 0 Å². The summed E-state index contributed by atoms with van der Waals surface area (Å²) in [5, 5.41) is 2.52. The Bertz CT molecular complexity index is 2540. The summed E-state index contributed by atoms with van der Waals surface area (Å²) in [6, 6.07) is 68.8. The Morgan fingerprint density at radius 3 is 1.21 bits per heavy atom. The van der Waals surface area contributed by atoms with E-state index in [0.29, 0.717) is 0 Å². The third kappa shape index (κ3) is 2.98. The quantitative estimate of drug-likeness (QED) is 0.174. The predicted molar refractivity (Wildman–Crippen MR) is 198 cm³/mol. The van der Waals surface area contributed by atoms with E-state index in [1.54, 1.807) is 0 Å². The Balaban J connectivity index is 1.39. The first kappa shape index (κ1) is 26.1. The number of hydrogen-bond acceptors (Lipinski definition) is 0. The molecule has 48 heavy (non-hydrogen) atoms. The molecular formula is C48H30. The van der Waals surface area contributed by atoms with Crippen LogP contribution in [0.25, 0.3) is 44.2 Å². The molecule has 0 amide bonds. The van der Waals surface area contributed by atoms with Crippen LogP contribution >= 0.6 is 0 Å². The standard InChI is InChI=1S/C48H30/c1-2-15-32-30-33(29-28-31(32)14-1)34-20-13-27-45-46(34)48(41-23-9-5-18-37(41)38-19-6-10-24-42(38)48)44-26-12-11-25-43(44)47(45)39-21-7-3-16-35(39)36-17-4-8-22-40(36)47/h1-30H. The highest BCUT2D eigenvalue weighted by Crippen LogP contribution is 2.68. The zero-order valence-electron chi connectivity index (χ0n) is 26.3. The summed E-state index contributed by atoms with van der Waals surface area (Å²) in [6.07, 6.45) is 0. The van der Waals surface area contributed by atoms with Crippen molar-refractivity contribution in [3.05, 3.63) is 226 Å². The van der Waals surface area contributed by atoms with Gasteiger partial charge in [-0.3, -0.25) is 0 Å². The molecule has 0 aromatic heterocycles. The molecule has 0 fully saturated rings. The minimum Gasteiger partial charge on any atom is -0.0619 e. The molecule has 8 aromatic rings. The van der Waals surface area contributed by atoms with Crippen molar-refractivity contribution < 1.29 is 0 Å². The molecule has 0 heterocycles. The molecule has 0 atom stereocenters. The summed E-state index contributed by atoms with van der Waals surface area (Å²) in [6.45, 7) is 0. The third-order valence-corrected chi connectivity index (χ3v) is 11.5. The fourth-order valence-corrected chi connectivity index (χ4v) is 9.89. The van der Waals surface area contributed by atoms with Gasteiger partial charge in [-0.25, -0.2) is 0 Å². The second kappa shape index (κ2) is 9.31. The van der Waals surface area contributed by atoms with Crippen molar-refractivity contribution in [1.29, 1.82) is 0 Å². The van der Waals surface area contributed by atoms with Gasteiger partial charge in [-0.2, -0.15) is 0 Å². The Labute approximate surface area is 280 Å². The van der Waals surface area contributed by atoms with Gasteiger partial charge in [0.05, 0.1) is 10.8 Å². The van der Waals surface area contributed by atoms with Crippen LogP contribution in [0, 0.1) is 0 Å². The van der Waals surface area contributed by atoms with Crippen LogP contribution in [0.2, 0.25) is 0 Å².